The lowest BCUT2D eigenvalue weighted by Gasteiger charge is -2.12. The van der Waals surface area contributed by atoms with Crippen LogP contribution >= 0.6 is 0 Å². The maximum atomic E-state index is 12.0. The predicted octanol–water partition coefficient (Wildman–Crippen LogP) is 13.3. The number of aliphatic hydroxyl groups is 1. The van der Waals surface area contributed by atoms with Gasteiger partial charge in [0.25, 0.3) is 0 Å². The van der Waals surface area contributed by atoms with Crippen molar-refractivity contribution >= 4 is 11.9 Å². The first-order valence-electron chi connectivity index (χ1n) is 21.2. The van der Waals surface area contributed by atoms with Crippen LogP contribution in [0.15, 0.2) is 12.2 Å². The van der Waals surface area contributed by atoms with Gasteiger partial charge in [0.15, 0.2) is 0 Å². The number of hydrogen-bond donors (Lipinski definition) is 1. The molecule has 0 bridgehead atoms. The van der Waals surface area contributed by atoms with Gasteiger partial charge in [0.2, 0.25) is 0 Å². The summed E-state index contributed by atoms with van der Waals surface area (Å²) in [4.78, 5) is 24.0. The number of unbranched alkanes of at least 4 members (excludes halogenated alkanes) is 29. The van der Waals surface area contributed by atoms with Crippen LogP contribution in [0.4, 0.5) is 0 Å². The molecule has 284 valence electrons. The number of hydrogen-bond acceptors (Lipinski definition) is 5. The molecule has 0 fully saturated rings. The summed E-state index contributed by atoms with van der Waals surface area (Å²) in [6.07, 6.45) is 45.6. The maximum absolute atomic E-state index is 12.0. The predicted molar refractivity (Wildman–Crippen MR) is 205 cm³/mol. The fraction of sp³-hybridized carbons (Fsp3) is 0.907. The SMILES string of the molecule is CCCCCCCC/C=C\CCCCCCCCCC(=O)OC[C@H](O)COC(=O)CCCCCCCCCCCCCCCCCCC. The van der Waals surface area contributed by atoms with E-state index in [9.17, 15) is 14.7 Å². The third-order valence-electron chi connectivity index (χ3n) is 9.50. The van der Waals surface area contributed by atoms with Gasteiger partial charge >= 0.3 is 11.9 Å². The van der Waals surface area contributed by atoms with Crippen molar-refractivity contribution in [2.45, 2.75) is 238 Å². The Morgan fingerprint density at radius 3 is 0.958 bits per heavy atom. The molecule has 5 heteroatoms. The Morgan fingerprint density at radius 2 is 0.667 bits per heavy atom. The van der Waals surface area contributed by atoms with E-state index in [0.29, 0.717) is 12.8 Å². The minimum absolute atomic E-state index is 0.111. The summed E-state index contributed by atoms with van der Waals surface area (Å²) in [7, 11) is 0. The monoisotopic (exact) mass is 679 g/mol. The lowest BCUT2D eigenvalue weighted by atomic mass is 10.0. The quantitative estimate of drug-likeness (QED) is 0.0398. The lowest BCUT2D eigenvalue weighted by molar-refractivity contribution is -0.152. The van der Waals surface area contributed by atoms with E-state index < -0.39 is 6.10 Å². The molecule has 0 aliphatic heterocycles. The van der Waals surface area contributed by atoms with E-state index in [0.717, 1.165) is 32.1 Å². The number of rotatable bonds is 39. The molecule has 0 unspecified atom stereocenters. The minimum Gasteiger partial charge on any atom is -0.463 e. The Kier molecular flexibility index (Phi) is 38.9. The van der Waals surface area contributed by atoms with E-state index in [1.165, 1.54) is 173 Å². The Morgan fingerprint density at radius 1 is 0.417 bits per heavy atom. The van der Waals surface area contributed by atoms with E-state index in [2.05, 4.69) is 26.0 Å². The average Bonchev–Trinajstić information content (AvgIpc) is 3.09. The van der Waals surface area contributed by atoms with Crippen molar-refractivity contribution in [3.8, 4) is 0 Å². The number of carbonyl (C=O) groups excluding carboxylic acids is 2. The van der Waals surface area contributed by atoms with E-state index in [4.69, 9.17) is 9.47 Å². The number of esters is 2. The smallest absolute Gasteiger partial charge is 0.305 e. The van der Waals surface area contributed by atoms with Crippen molar-refractivity contribution in [3.05, 3.63) is 12.2 Å². The van der Waals surface area contributed by atoms with Gasteiger partial charge in [-0.15, -0.1) is 0 Å². The molecule has 1 N–H and O–H groups in total. The van der Waals surface area contributed by atoms with Crippen LogP contribution in [0.2, 0.25) is 0 Å². The molecular weight excluding hydrogens is 596 g/mol. The van der Waals surface area contributed by atoms with Crippen molar-refractivity contribution in [1.29, 1.82) is 0 Å². The zero-order valence-corrected chi connectivity index (χ0v) is 32.3. The zero-order chi connectivity index (χ0) is 35.0. The van der Waals surface area contributed by atoms with Gasteiger partial charge < -0.3 is 14.6 Å². The standard InChI is InChI=1S/C43H82O5/c1-3-5-7-9-11-13-15-17-19-21-23-25-27-29-31-33-35-37-42(45)47-39-41(44)40-48-43(46)38-36-34-32-30-28-26-24-22-20-18-16-14-12-10-8-6-4-2/h17,19,41,44H,3-16,18,20-40H2,1-2H3/b19-17-/t41-/m0/s1. The van der Waals surface area contributed by atoms with E-state index >= 15 is 0 Å². The van der Waals surface area contributed by atoms with Gasteiger partial charge in [-0.05, 0) is 38.5 Å². The molecule has 0 aliphatic rings. The van der Waals surface area contributed by atoms with Gasteiger partial charge in [-0.3, -0.25) is 9.59 Å². The van der Waals surface area contributed by atoms with Crippen LogP contribution in [0.25, 0.3) is 0 Å². The summed E-state index contributed by atoms with van der Waals surface area (Å²) in [6.45, 7) is 4.32. The second kappa shape index (κ2) is 40.1. The van der Waals surface area contributed by atoms with Crippen LogP contribution in [0.1, 0.15) is 232 Å². The molecule has 0 saturated carbocycles. The van der Waals surface area contributed by atoms with Gasteiger partial charge in [0.05, 0.1) is 0 Å². The number of allylic oxidation sites excluding steroid dienone is 2. The third kappa shape index (κ3) is 39.1. The molecule has 0 aliphatic carbocycles. The van der Waals surface area contributed by atoms with Crippen LogP contribution in [-0.2, 0) is 19.1 Å². The minimum atomic E-state index is -0.959. The first-order chi connectivity index (χ1) is 23.6. The summed E-state index contributed by atoms with van der Waals surface area (Å²) in [5, 5.41) is 10.0. The van der Waals surface area contributed by atoms with Gasteiger partial charge in [-0.25, -0.2) is 0 Å². The maximum Gasteiger partial charge on any atom is 0.305 e. The van der Waals surface area contributed by atoms with Gasteiger partial charge in [-0.1, -0.05) is 193 Å². The molecule has 0 rings (SSSR count). The topological polar surface area (TPSA) is 72.8 Å². The summed E-state index contributed by atoms with van der Waals surface area (Å²) in [5.74, 6) is -0.557. The van der Waals surface area contributed by atoms with Gasteiger partial charge in [0, 0.05) is 12.8 Å². The molecule has 0 saturated heterocycles. The Bertz CT molecular complexity index is 691. The van der Waals surface area contributed by atoms with E-state index in [1.54, 1.807) is 0 Å². The largest absolute Gasteiger partial charge is 0.463 e. The van der Waals surface area contributed by atoms with Crippen LogP contribution in [0.3, 0.4) is 0 Å². The number of ether oxygens (including phenoxy) is 2. The Balaban J connectivity index is 3.39. The lowest BCUT2D eigenvalue weighted by Crippen LogP contribution is -2.25. The van der Waals surface area contributed by atoms with Crippen LogP contribution < -0.4 is 0 Å². The van der Waals surface area contributed by atoms with E-state index in [1.807, 2.05) is 0 Å². The molecule has 5 nitrogen and oxygen atoms in total. The zero-order valence-electron chi connectivity index (χ0n) is 32.3. The first kappa shape index (κ1) is 46.6. The van der Waals surface area contributed by atoms with E-state index in [-0.39, 0.29) is 25.2 Å². The molecule has 0 radical (unpaired) electrons. The second-order valence-electron chi connectivity index (χ2n) is 14.5. The average molecular weight is 679 g/mol. The highest BCUT2D eigenvalue weighted by molar-refractivity contribution is 5.69. The molecule has 0 aromatic rings. The normalized spacial score (nSPS) is 12.1. The third-order valence-corrected chi connectivity index (χ3v) is 9.50. The molecule has 0 heterocycles. The molecule has 0 aromatic heterocycles. The Labute approximate surface area is 299 Å². The van der Waals surface area contributed by atoms with Crippen molar-refractivity contribution in [3.63, 3.8) is 0 Å². The summed E-state index contributed by atoms with van der Waals surface area (Å²) in [6, 6.07) is 0. The van der Waals surface area contributed by atoms with Crippen molar-refractivity contribution in [1.82, 2.24) is 0 Å². The highest BCUT2D eigenvalue weighted by atomic mass is 16.6. The first-order valence-corrected chi connectivity index (χ1v) is 21.2. The molecule has 48 heavy (non-hydrogen) atoms. The summed E-state index contributed by atoms with van der Waals surface area (Å²) < 4.78 is 10.4. The summed E-state index contributed by atoms with van der Waals surface area (Å²) in [5.41, 5.74) is 0. The summed E-state index contributed by atoms with van der Waals surface area (Å²) >= 11 is 0. The van der Waals surface area contributed by atoms with Crippen molar-refractivity contribution < 1.29 is 24.2 Å². The van der Waals surface area contributed by atoms with Crippen molar-refractivity contribution in [2.24, 2.45) is 0 Å². The van der Waals surface area contributed by atoms with Crippen molar-refractivity contribution in [2.75, 3.05) is 13.2 Å². The molecule has 0 aromatic carbocycles. The van der Waals surface area contributed by atoms with Gasteiger partial charge in [-0.2, -0.15) is 0 Å². The number of aliphatic hydroxyl groups excluding tert-OH is 1. The highest BCUT2D eigenvalue weighted by Gasteiger charge is 2.12. The number of carbonyl (C=O) groups is 2. The molecule has 1 atom stereocenters. The molecular formula is C43H82O5. The van der Waals surface area contributed by atoms with Crippen LogP contribution in [0.5, 0.6) is 0 Å². The molecule has 0 spiro atoms. The fourth-order valence-electron chi connectivity index (χ4n) is 6.26. The highest BCUT2D eigenvalue weighted by Crippen LogP contribution is 2.15. The second-order valence-corrected chi connectivity index (χ2v) is 14.5. The van der Waals surface area contributed by atoms with Gasteiger partial charge in [0.1, 0.15) is 19.3 Å². The fourth-order valence-corrected chi connectivity index (χ4v) is 6.26. The Hall–Kier alpha value is -1.36. The van der Waals surface area contributed by atoms with Crippen LogP contribution in [-0.4, -0.2) is 36.4 Å². The van der Waals surface area contributed by atoms with Crippen LogP contribution in [0, 0.1) is 0 Å². The molecule has 0 amide bonds.